The van der Waals surface area contributed by atoms with Crippen molar-refractivity contribution in [2.45, 2.75) is 6.92 Å². The third-order valence-electron chi connectivity index (χ3n) is 4.30. The van der Waals surface area contributed by atoms with E-state index in [4.69, 9.17) is 8.77 Å². The SMILES string of the molecule is Cc1ccc2ccc[c]([AlH][O]c3ccc(-c4ccccc4)cc3)c2n1. The number of aromatic nitrogens is 1. The summed E-state index contributed by atoms with van der Waals surface area (Å²) < 4.78 is 7.37. The number of pyridine rings is 1. The monoisotopic (exact) mass is 339 g/mol. The summed E-state index contributed by atoms with van der Waals surface area (Å²) in [5, 5.41) is 1.18. The van der Waals surface area contributed by atoms with Gasteiger partial charge in [0.25, 0.3) is 0 Å². The van der Waals surface area contributed by atoms with Crippen LogP contribution in [-0.4, -0.2) is 20.5 Å². The predicted molar refractivity (Wildman–Crippen MR) is 106 cm³/mol. The Bertz CT molecular complexity index is 997. The number of aryl methyl sites for hydroxylation is 1. The Morgan fingerprint density at radius 2 is 1.48 bits per heavy atom. The molecule has 4 aromatic rings. The molecule has 0 amide bonds. The van der Waals surface area contributed by atoms with Gasteiger partial charge in [0.2, 0.25) is 0 Å². The van der Waals surface area contributed by atoms with Gasteiger partial charge in [0, 0.05) is 5.69 Å². The Morgan fingerprint density at radius 1 is 0.720 bits per heavy atom. The van der Waals surface area contributed by atoms with Crippen molar-refractivity contribution >= 4 is 30.9 Å². The quantitative estimate of drug-likeness (QED) is 0.518. The van der Waals surface area contributed by atoms with Gasteiger partial charge in [-0.1, -0.05) is 66.7 Å². The van der Waals surface area contributed by atoms with Crippen molar-refractivity contribution in [1.82, 2.24) is 4.98 Å². The number of nitrogens with zero attached hydrogens (tertiary/aromatic N) is 1. The van der Waals surface area contributed by atoms with Gasteiger partial charge in [0.1, 0.15) is 0 Å². The molecule has 2 nitrogen and oxygen atoms in total. The van der Waals surface area contributed by atoms with Crippen LogP contribution in [0, 0.1) is 6.92 Å². The molecular weight excluding hydrogens is 321 g/mol. The van der Waals surface area contributed by atoms with Crippen LogP contribution in [0.1, 0.15) is 5.69 Å². The lowest BCUT2D eigenvalue weighted by atomic mass is 10.1. The largest absolute Gasteiger partial charge is 0.642 e. The zero-order valence-corrected chi connectivity index (χ0v) is 15.6. The van der Waals surface area contributed by atoms with E-state index in [9.17, 15) is 0 Å². The number of hydrogen-bond donors (Lipinski definition) is 0. The summed E-state index contributed by atoms with van der Waals surface area (Å²) in [6.45, 7) is 2.03. The fourth-order valence-electron chi connectivity index (χ4n) is 2.96. The third-order valence-corrected chi connectivity index (χ3v) is 5.66. The summed E-state index contributed by atoms with van der Waals surface area (Å²) in [7, 11) is 0. The van der Waals surface area contributed by atoms with Gasteiger partial charge < -0.3 is 3.79 Å². The van der Waals surface area contributed by atoms with E-state index in [0.717, 1.165) is 17.0 Å². The predicted octanol–water partition coefficient (Wildman–Crippen LogP) is 4.27. The molecule has 25 heavy (non-hydrogen) atoms. The van der Waals surface area contributed by atoms with E-state index in [0.29, 0.717) is 0 Å². The van der Waals surface area contributed by atoms with Gasteiger partial charge in [-0.2, -0.15) is 0 Å². The first kappa shape index (κ1) is 15.9. The Hall–Kier alpha value is -2.60. The lowest BCUT2D eigenvalue weighted by Crippen LogP contribution is -2.22. The van der Waals surface area contributed by atoms with Crippen molar-refractivity contribution in [3.05, 3.63) is 90.6 Å². The van der Waals surface area contributed by atoms with Crippen LogP contribution in [0.15, 0.2) is 84.9 Å². The molecule has 0 bridgehead atoms. The van der Waals surface area contributed by atoms with Crippen molar-refractivity contribution in [2.75, 3.05) is 0 Å². The molecule has 0 aliphatic heterocycles. The standard InChI is InChI=1S/C12H10O.C10H8N.Al.H/c13-12-8-6-11(7-9-12)10-4-2-1-3-5-10;1-8-6-7-9-4-2-3-5-10(9)11-8;;/h1-9,13H;2-4,6-7H,1H3;;/q;;+1;/p-1. The zero-order valence-electron chi connectivity index (χ0n) is 14.1. The molecule has 0 unspecified atom stereocenters. The number of para-hydroxylation sites is 1. The molecule has 3 heteroatoms. The van der Waals surface area contributed by atoms with Gasteiger partial charge in [-0.05, 0) is 46.1 Å². The summed E-state index contributed by atoms with van der Waals surface area (Å²) >= 11 is -0.885. The molecule has 1 heterocycles. The second-order valence-corrected chi connectivity index (χ2v) is 7.46. The fraction of sp³-hybridized carbons (Fsp3) is 0.0455. The van der Waals surface area contributed by atoms with Crippen LogP contribution in [0.25, 0.3) is 22.0 Å². The molecule has 3 aromatic carbocycles. The maximum atomic E-state index is 6.13. The van der Waals surface area contributed by atoms with Crippen LogP contribution in [0.4, 0.5) is 0 Å². The minimum absolute atomic E-state index is 0.885. The molecule has 0 aliphatic rings. The maximum Gasteiger partial charge on any atom is 0.566 e. The van der Waals surface area contributed by atoms with E-state index in [1.807, 2.05) is 13.0 Å². The van der Waals surface area contributed by atoms with E-state index in [1.54, 1.807) is 0 Å². The highest BCUT2D eigenvalue weighted by atomic mass is 27.1. The van der Waals surface area contributed by atoms with E-state index in [-0.39, 0.29) is 0 Å². The van der Waals surface area contributed by atoms with Gasteiger partial charge in [0.05, 0.1) is 11.3 Å². The van der Waals surface area contributed by atoms with Gasteiger partial charge >= 0.3 is 15.6 Å². The molecule has 0 saturated carbocycles. The van der Waals surface area contributed by atoms with Crippen LogP contribution in [-0.2, 0) is 0 Å². The number of hydrogen-bond acceptors (Lipinski definition) is 2. The molecule has 1 aromatic heterocycles. The highest BCUT2D eigenvalue weighted by Crippen LogP contribution is 2.22. The topological polar surface area (TPSA) is 22.1 Å². The molecule has 0 N–H and O–H groups in total. The lowest BCUT2D eigenvalue weighted by molar-refractivity contribution is 0.605. The van der Waals surface area contributed by atoms with Crippen molar-refractivity contribution < 1.29 is 3.79 Å². The summed E-state index contributed by atoms with van der Waals surface area (Å²) in [4.78, 5) is 4.70. The molecule has 120 valence electrons. The van der Waals surface area contributed by atoms with Crippen LogP contribution in [0.2, 0.25) is 0 Å². The molecule has 0 aliphatic carbocycles. The molecule has 0 fully saturated rings. The van der Waals surface area contributed by atoms with E-state index in [1.165, 1.54) is 20.9 Å². The number of fused-ring (bicyclic) bond motifs is 1. The Balaban J connectivity index is 1.53. The van der Waals surface area contributed by atoms with Crippen molar-refractivity contribution in [1.29, 1.82) is 0 Å². The fourth-order valence-corrected chi connectivity index (χ4v) is 4.12. The smallest absolute Gasteiger partial charge is 0.566 e. The van der Waals surface area contributed by atoms with Gasteiger partial charge in [-0.25, -0.2) is 0 Å². The molecule has 0 spiro atoms. The van der Waals surface area contributed by atoms with E-state index in [2.05, 4.69) is 78.9 Å². The zero-order chi connectivity index (χ0) is 17.1. The first-order chi connectivity index (χ1) is 12.3. The Morgan fingerprint density at radius 3 is 2.28 bits per heavy atom. The minimum atomic E-state index is -0.885. The first-order valence-electron chi connectivity index (χ1n) is 8.43. The van der Waals surface area contributed by atoms with Gasteiger partial charge in [-0.3, -0.25) is 4.98 Å². The van der Waals surface area contributed by atoms with E-state index >= 15 is 0 Å². The highest BCUT2D eigenvalue weighted by Gasteiger charge is 2.09. The average molecular weight is 339 g/mol. The Kier molecular flexibility index (Phi) is 4.52. The van der Waals surface area contributed by atoms with Crippen molar-refractivity contribution in [2.24, 2.45) is 0 Å². The Labute approximate surface area is 154 Å². The summed E-state index contributed by atoms with van der Waals surface area (Å²) in [6, 6.07) is 29.2. The number of rotatable bonds is 4. The lowest BCUT2D eigenvalue weighted by Gasteiger charge is -2.09. The third kappa shape index (κ3) is 3.59. The van der Waals surface area contributed by atoms with Gasteiger partial charge in [-0.15, -0.1) is 0 Å². The van der Waals surface area contributed by atoms with Crippen LogP contribution in [0.5, 0.6) is 5.75 Å². The summed E-state index contributed by atoms with van der Waals surface area (Å²) in [6.07, 6.45) is 0. The molecule has 0 atom stereocenters. The second kappa shape index (κ2) is 7.11. The van der Waals surface area contributed by atoms with E-state index < -0.39 is 15.6 Å². The maximum absolute atomic E-state index is 6.13. The summed E-state index contributed by atoms with van der Waals surface area (Å²) in [5.41, 5.74) is 4.55. The van der Waals surface area contributed by atoms with Crippen LogP contribution >= 0.6 is 0 Å². The van der Waals surface area contributed by atoms with Crippen LogP contribution in [0.3, 0.4) is 0 Å². The van der Waals surface area contributed by atoms with Crippen LogP contribution < -0.4 is 8.21 Å². The highest BCUT2D eigenvalue weighted by molar-refractivity contribution is 6.51. The molecule has 4 rings (SSSR count). The normalized spacial score (nSPS) is 10.6. The number of benzene rings is 3. The first-order valence-corrected chi connectivity index (χ1v) is 9.71. The van der Waals surface area contributed by atoms with Crippen molar-refractivity contribution in [3.8, 4) is 16.9 Å². The molecule has 0 saturated heterocycles. The summed E-state index contributed by atoms with van der Waals surface area (Å²) in [5.74, 6) is 0.927. The molecule has 0 radical (unpaired) electrons. The van der Waals surface area contributed by atoms with Crippen molar-refractivity contribution in [3.63, 3.8) is 0 Å². The molecular formula is C22H18AlNO. The average Bonchev–Trinajstić information content (AvgIpc) is 2.67. The van der Waals surface area contributed by atoms with Gasteiger partial charge in [0.15, 0.2) is 0 Å². The second-order valence-electron chi connectivity index (χ2n) is 6.12. The minimum Gasteiger partial charge on any atom is -0.642 e.